The third kappa shape index (κ3) is 43.6. The second-order valence-corrected chi connectivity index (χ2v) is 27.9. The van der Waals surface area contributed by atoms with Gasteiger partial charge in [-0.1, -0.05) is 182 Å². The Bertz CT molecular complexity index is 4060. The Balaban J connectivity index is 0.950. The molecule has 33 nitrogen and oxygen atoms in total. The summed E-state index contributed by atoms with van der Waals surface area (Å²) in [7, 11) is 0. The molecule has 0 aliphatic heterocycles. The number of rotatable bonds is 56. The molecule has 9 amide bonds. The normalized spacial score (nSPS) is 12.2. The van der Waals surface area contributed by atoms with E-state index in [0.29, 0.717) is 24.0 Å². The number of carbonyl (C=O) groups is 13. The van der Waals surface area contributed by atoms with E-state index in [2.05, 4.69) is 48.0 Å². The maximum atomic E-state index is 14.1. The van der Waals surface area contributed by atoms with Crippen molar-refractivity contribution in [2.75, 3.05) is 72.5 Å². The number of alkyl carbamates (subject to hydrolysis) is 1. The molecule has 0 heterocycles. The molecule has 6 aromatic rings. The van der Waals surface area contributed by atoms with Crippen LogP contribution in [0.4, 0.5) is 9.59 Å². The molecule has 33 heteroatoms. The minimum Gasteiger partial charge on any atom is -0.461 e. The quantitative estimate of drug-likeness (QED) is 0.00845. The van der Waals surface area contributed by atoms with Gasteiger partial charge in [-0.05, 0) is 99.1 Å². The molecule has 9 N–H and O–H groups in total. The minimum atomic E-state index is -1.42. The first-order valence-electron chi connectivity index (χ1n) is 39.3. The first kappa shape index (κ1) is 95.7. The van der Waals surface area contributed by atoms with Crippen molar-refractivity contribution in [3.05, 3.63) is 215 Å². The molecular formula is C86H109N9O24. The zero-order valence-corrected chi connectivity index (χ0v) is 67.3. The Morgan fingerprint density at radius 2 is 0.655 bits per heavy atom. The molecule has 0 aliphatic carbocycles. The smallest absolute Gasteiger partial charge is 0.407 e. The number of carbonyl (C=O) groups excluding carboxylic acids is 13. The zero-order valence-electron chi connectivity index (χ0n) is 67.3. The van der Waals surface area contributed by atoms with Crippen molar-refractivity contribution in [3.63, 3.8) is 0 Å². The van der Waals surface area contributed by atoms with Crippen molar-refractivity contribution in [1.29, 1.82) is 0 Å². The summed E-state index contributed by atoms with van der Waals surface area (Å²) in [5.74, 6) is -8.18. The highest BCUT2D eigenvalue weighted by Crippen LogP contribution is 2.15. The summed E-state index contributed by atoms with van der Waals surface area (Å²) in [4.78, 5) is 178. The Kier molecular flexibility index (Phi) is 45.2. The molecule has 6 aromatic carbocycles. The molecule has 0 fully saturated rings. The summed E-state index contributed by atoms with van der Waals surface area (Å²) in [5.41, 5.74) is 5.89. The maximum Gasteiger partial charge on any atom is 0.407 e. The van der Waals surface area contributed by atoms with Crippen LogP contribution in [-0.4, -0.2) is 186 Å². The predicted octanol–water partition coefficient (Wildman–Crippen LogP) is 6.56. The van der Waals surface area contributed by atoms with Crippen LogP contribution in [0.2, 0.25) is 0 Å². The summed E-state index contributed by atoms with van der Waals surface area (Å²) >= 11 is 0. The van der Waals surface area contributed by atoms with Crippen LogP contribution in [0.15, 0.2) is 182 Å². The van der Waals surface area contributed by atoms with Crippen LogP contribution in [0, 0.1) is 0 Å². The van der Waals surface area contributed by atoms with Crippen LogP contribution in [0.5, 0.6) is 0 Å². The maximum absolute atomic E-state index is 14.1. The van der Waals surface area contributed by atoms with Crippen molar-refractivity contribution in [1.82, 2.24) is 48.0 Å². The van der Waals surface area contributed by atoms with Crippen LogP contribution in [0.1, 0.15) is 125 Å². The van der Waals surface area contributed by atoms with E-state index in [-0.39, 0.29) is 157 Å². The fourth-order valence-electron chi connectivity index (χ4n) is 10.9. The van der Waals surface area contributed by atoms with Gasteiger partial charge in [-0.15, -0.1) is 0 Å². The predicted molar refractivity (Wildman–Crippen MR) is 430 cm³/mol. The summed E-state index contributed by atoms with van der Waals surface area (Å²) in [6, 6.07) is 46.0. The SMILES string of the molecule is CC(C)(C)OC(=O)NCCCCC(NC(=O)NCCOCCOCC(=O)NC(CCC(=O)OCc1ccccc1)C(=O)NC(CCC(=O)OCc1ccccc1)C(=O)OCc1ccccc1)C(=O)NCCOCCOCC(=O)NC(CCC(=O)OCc1ccccc1)C(=O)NC(CCC(=O)NOCc1ccccc1)C(=O)OCc1ccccc1. The van der Waals surface area contributed by atoms with Gasteiger partial charge in [0.05, 0.1) is 46.2 Å². The summed E-state index contributed by atoms with van der Waals surface area (Å²) in [6.45, 7) is 3.36. The molecule has 0 aromatic heterocycles. The van der Waals surface area contributed by atoms with Crippen molar-refractivity contribution in [2.24, 2.45) is 0 Å². The highest BCUT2D eigenvalue weighted by Gasteiger charge is 2.32. The number of unbranched alkanes of at least 4 members (excludes halogenated alkanes) is 1. The molecule has 0 aliphatic rings. The zero-order chi connectivity index (χ0) is 85.5. The lowest BCUT2D eigenvalue weighted by molar-refractivity contribution is -0.151. The first-order chi connectivity index (χ1) is 57.5. The molecule has 0 bridgehead atoms. The highest BCUT2D eigenvalue weighted by atomic mass is 16.7. The molecule has 119 heavy (non-hydrogen) atoms. The molecule has 5 unspecified atom stereocenters. The monoisotopic (exact) mass is 1650 g/mol. The summed E-state index contributed by atoms with van der Waals surface area (Å²) in [5, 5.41) is 21.0. The number of ether oxygens (including phenoxy) is 10. The molecule has 0 spiro atoms. The van der Waals surface area contributed by atoms with Crippen molar-refractivity contribution in [2.45, 2.75) is 167 Å². The summed E-state index contributed by atoms with van der Waals surface area (Å²) < 4.78 is 55.0. The third-order valence-electron chi connectivity index (χ3n) is 17.0. The minimum absolute atomic E-state index is 0.0233. The largest absolute Gasteiger partial charge is 0.461 e. The fraction of sp³-hybridized carbons (Fsp3) is 0.430. The van der Waals surface area contributed by atoms with Gasteiger partial charge in [0, 0.05) is 45.3 Å². The van der Waals surface area contributed by atoms with Gasteiger partial charge in [-0.2, -0.15) is 0 Å². The van der Waals surface area contributed by atoms with Crippen molar-refractivity contribution >= 4 is 77.4 Å². The van der Waals surface area contributed by atoms with Gasteiger partial charge in [0.1, 0.15) is 82.1 Å². The second-order valence-electron chi connectivity index (χ2n) is 27.9. The standard InChI is InChI=1S/C86H109N9O24/c1-86(2,3)119-85(108)89-45-23-22-36-68(79(102)87-46-48-109-50-52-111-60-74(97)90-69(38-42-76(99)113-54-62-24-10-4-11-25-62)80(103)92-71(82(105)116-57-65-30-16-7-17-31-65)37-41-73(96)95-118-59-67-34-20-9-21-35-67)94-84(107)88-47-49-110-51-53-112-61-75(98)91-70(39-43-77(100)114-55-63-26-12-5-13-27-63)81(104)93-72(83(106)117-58-66-32-18-8-19-33-66)40-44-78(101)115-56-64-28-14-6-15-29-64/h4-21,24-35,68-72H,22-23,36-61H2,1-3H3,(H,87,102)(H,89,108)(H,90,97)(H,91,98)(H,92,103)(H,93,104)(H,95,96)(H2,88,94,107). The van der Waals surface area contributed by atoms with E-state index >= 15 is 0 Å². The van der Waals surface area contributed by atoms with Gasteiger partial charge in [-0.3, -0.25) is 48.0 Å². The lowest BCUT2D eigenvalue weighted by Crippen LogP contribution is -2.52. The second kappa shape index (κ2) is 56.2. The van der Waals surface area contributed by atoms with Gasteiger partial charge in [-0.25, -0.2) is 24.7 Å². The van der Waals surface area contributed by atoms with Crippen LogP contribution in [-0.2, 0) is 145 Å². The van der Waals surface area contributed by atoms with Crippen molar-refractivity contribution in [3.8, 4) is 0 Å². The molecule has 0 radical (unpaired) electrons. The van der Waals surface area contributed by atoms with E-state index in [9.17, 15) is 62.3 Å². The van der Waals surface area contributed by atoms with Gasteiger partial charge in [0.15, 0.2) is 0 Å². The average Bonchev–Trinajstić information content (AvgIpc) is 0.843. The Morgan fingerprint density at radius 3 is 1.05 bits per heavy atom. The van der Waals surface area contributed by atoms with Gasteiger partial charge in [0.2, 0.25) is 35.4 Å². The van der Waals surface area contributed by atoms with E-state index in [0.717, 1.165) is 22.3 Å². The van der Waals surface area contributed by atoms with Crippen LogP contribution >= 0.6 is 0 Å². The first-order valence-corrected chi connectivity index (χ1v) is 39.3. The topological polar surface area (TPSA) is 432 Å². The summed E-state index contributed by atoms with van der Waals surface area (Å²) in [6.07, 6.45) is -1.94. The number of hydrogen-bond donors (Lipinski definition) is 9. The lowest BCUT2D eigenvalue weighted by atomic mass is 10.1. The average molecular weight is 1650 g/mol. The molecule has 642 valence electrons. The molecular weight excluding hydrogens is 1540 g/mol. The Labute approximate surface area is 691 Å². The van der Waals surface area contributed by atoms with Gasteiger partial charge < -0.3 is 89.9 Å². The number of urea groups is 1. The number of hydrogen-bond acceptors (Lipinski definition) is 24. The third-order valence-corrected chi connectivity index (χ3v) is 17.0. The highest BCUT2D eigenvalue weighted by molar-refractivity contribution is 5.93. The van der Waals surface area contributed by atoms with Gasteiger partial charge in [0.25, 0.3) is 0 Å². The van der Waals surface area contributed by atoms with E-state index in [4.69, 9.17) is 52.2 Å². The molecule has 5 atom stereocenters. The Morgan fingerprint density at radius 1 is 0.311 bits per heavy atom. The number of amides is 9. The number of nitrogens with one attached hydrogen (secondary N) is 9. The van der Waals surface area contributed by atoms with E-state index in [1.165, 1.54) is 0 Å². The van der Waals surface area contributed by atoms with Gasteiger partial charge >= 0.3 is 42.0 Å². The van der Waals surface area contributed by atoms with E-state index in [1.807, 2.05) is 24.3 Å². The Hall–Kier alpha value is -12.2. The number of hydroxylamine groups is 1. The fourth-order valence-corrected chi connectivity index (χ4v) is 10.9. The molecule has 0 saturated carbocycles. The van der Waals surface area contributed by atoms with Crippen LogP contribution in [0.25, 0.3) is 0 Å². The number of benzene rings is 6. The van der Waals surface area contributed by atoms with Crippen LogP contribution in [0.3, 0.4) is 0 Å². The van der Waals surface area contributed by atoms with Crippen LogP contribution < -0.4 is 48.0 Å². The van der Waals surface area contributed by atoms with Crippen molar-refractivity contribution < 1.29 is 115 Å². The molecule has 6 rings (SSSR count). The molecule has 0 saturated heterocycles. The van der Waals surface area contributed by atoms with E-state index < -0.39 is 126 Å². The van der Waals surface area contributed by atoms with E-state index in [1.54, 1.807) is 178 Å². The lowest BCUT2D eigenvalue weighted by Gasteiger charge is -2.23. The number of esters is 5.